The number of rotatable bonds is 3. The highest BCUT2D eigenvalue weighted by atomic mass is 16.1. The van der Waals surface area contributed by atoms with Gasteiger partial charge in [-0.05, 0) is 25.3 Å². The third kappa shape index (κ3) is 2.41. The first-order chi connectivity index (χ1) is 7.66. The van der Waals surface area contributed by atoms with Crippen LogP contribution in [0.5, 0.6) is 0 Å². The van der Waals surface area contributed by atoms with Gasteiger partial charge < -0.3 is 11.1 Å². The summed E-state index contributed by atoms with van der Waals surface area (Å²) in [7, 11) is 1.87. The number of carbonyl (C=O) groups is 1. The Kier molecular flexibility index (Phi) is 3.24. The number of carbonyl (C=O) groups excluding carboxylic acids is 1. The van der Waals surface area contributed by atoms with E-state index < -0.39 is 0 Å². The summed E-state index contributed by atoms with van der Waals surface area (Å²) in [6, 6.07) is 2.10. The maximum absolute atomic E-state index is 11.8. The fourth-order valence-corrected chi connectivity index (χ4v) is 2.15. The summed E-state index contributed by atoms with van der Waals surface area (Å²) in [5.41, 5.74) is 6.79. The molecule has 0 aliphatic heterocycles. The Balaban J connectivity index is 1.82. The minimum atomic E-state index is 0.100. The van der Waals surface area contributed by atoms with Gasteiger partial charge in [-0.3, -0.25) is 9.48 Å². The second-order valence-electron chi connectivity index (χ2n) is 4.43. The van der Waals surface area contributed by atoms with E-state index in [1.807, 2.05) is 13.1 Å². The summed E-state index contributed by atoms with van der Waals surface area (Å²) >= 11 is 0. The molecule has 1 aliphatic rings. The van der Waals surface area contributed by atoms with E-state index in [1.54, 1.807) is 10.9 Å². The molecule has 0 bridgehead atoms. The molecule has 2 unspecified atom stereocenters. The van der Waals surface area contributed by atoms with Crippen molar-refractivity contribution in [3.63, 3.8) is 0 Å². The number of aromatic nitrogens is 2. The van der Waals surface area contributed by atoms with Crippen molar-refractivity contribution in [3.8, 4) is 0 Å². The highest BCUT2D eigenvalue weighted by Gasteiger charge is 2.27. The van der Waals surface area contributed by atoms with Crippen LogP contribution in [0.3, 0.4) is 0 Å². The van der Waals surface area contributed by atoms with Crippen LogP contribution < -0.4 is 11.1 Å². The predicted octanol–water partition coefficient (Wildman–Crippen LogP) is 0.164. The molecule has 3 N–H and O–H groups in total. The van der Waals surface area contributed by atoms with E-state index in [4.69, 9.17) is 5.73 Å². The number of hydrogen-bond donors (Lipinski definition) is 2. The molecule has 5 nitrogen and oxygen atoms in total. The van der Waals surface area contributed by atoms with E-state index in [9.17, 15) is 4.79 Å². The van der Waals surface area contributed by atoms with Gasteiger partial charge in [0.25, 0.3) is 0 Å². The van der Waals surface area contributed by atoms with Crippen LogP contribution in [0.4, 0.5) is 0 Å². The molecule has 2 rings (SSSR count). The second kappa shape index (κ2) is 4.65. The van der Waals surface area contributed by atoms with Crippen LogP contribution in [0.1, 0.15) is 25.0 Å². The minimum absolute atomic E-state index is 0.100. The Morgan fingerprint density at radius 1 is 1.69 bits per heavy atom. The molecule has 0 aromatic carbocycles. The number of hydrogen-bond acceptors (Lipinski definition) is 3. The van der Waals surface area contributed by atoms with Gasteiger partial charge in [0.2, 0.25) is 5.91 Å². The van der Waals surface area contributed by atoms with Crippen LogP contribution in [0.15, 0.2) is 12.3 Å². The van der Waals surface area contributed by atoms with Crippen molar-refractivity contribution in [1.29, 1.82) is 0 Å². The molecule has 2 atom stereocenters. The molecule has 88 valence electrons. The second-order valence-corrected chi connectivity index (χ2v) is 4.43. The molecule has 0 saturated heterocycles. The van der Waals surface area contributed by atoms with Gasteiger partial charge in [-0.15, -0.1) is 0 Å². The molecule has 1 heterocycles. The summed E-state index contributed by atoms with van der Waals surface area (Å²) < 4.78 is 1.76. The van der Waals surface area contributed by atoms with Gasteiger partial charge in [0.05, 0.1) is 12.2 Å². The highest BCUT2D eigenvalue weighted by Crippen LogP contribution is 2.24. The molecule has 1 saturated carbocycles. The van der Waals surface area contributed by atoms with Crippen LogP contribution in [0, 0.1) is 5.92 Å². The molecule has 16 heavy (non-hydrogen) atoms. The van der Waals surface area contributed by atoms with Gasteiger partial charge in [0.1, 0.15) is 0 Å². The van der Waals surface area contributed by atoms with Gasteiger partial charge in [0.15, 0.2) is 0 Å². The first kappa shape index (κ1) is 11.1. The largest absolute Gasteiger partial charge is 0.350 e. The van der Waals surface area contributed by atoms with Crippen molar-refractivity contribution < 1.29 is 4.79 Å². The quantitative estimate of drug-likeness (QED) is 0.765. The fraction of sp³-hybridized carbons (Fsp3) is 0.636. The van der Waals surface area contributed by atoms with E-state index in [-0.39, 0.29) is 17.9 Å². The van der Waals surface area contributed by atoms with Gasteiger partial charge in [-0.25, -0.2) is 0 Å². The Morgan fingerprint density at radius 3 is 3.06 bits per heavy atom. The van der Waals surface area contributed by atoms with Crippen molar-refractivity contribution in [2.24, 2.45) is 18.7 Å². The zero-order valence-corrected chi connectivity index (χ0v) is 9.52. The number of nitrogens with zero attached hydrogens (tertiary/aromatic N) is 2. The van der Waals surface area contributed by atoms with E-state index >= 15 is 0 Å². The number of nitrogens with one attached hydrogen (secondary N) is 1. The lowest BCUT2D eigenvalue weighted by Crippen LogP contribution is -2.30. The predicted molar refractivity (Wildman–Crippen MR) is 60.4 cm³/mol. The molecule has 1 aromatic rings. The van der Waals surface area contributed by atoms with Crippen molar-refractivity contribution in [2.75, 3.05) is 0 Å². The van der Waals surface area contributed by atoms with E-state index in [0.717, 1.165) is 25.0 Å². The minimum Gasteiger partial charge on any atom is -0.350 e. The number of nitrogens with two attached hydrogens (primary N) is 1. The molecular formula is C11H18N4O. The summed E-state index contributed by atoms with van der Waals surface area (Å²) in [5.74, 6) is 0.220. The monoisotopic (exact) mass is 222 g/mol. The van der Waals surface area contributed by atoms with Crippen LogP contribution in [-0.2, 0) is 18.4 Å². The van der Waals surface area contributed by atoms with Crippen LogP contribution in [-0.4, -0.2) is 21.7 Å². The van der Waals surface area contributed by atoms with Crippen molar-refractivity contribution in [3.05, 3.63) is 18.0 Å². The van der Waals surface area contributed by atoms with Gasteiger partial charge in [0, 0.05) is 25.2 Å². The van der Waals surface area contributed by atoms with Crippen LogP contribution >= 0.6 is 0 Å². The maximum Gasteiger partial charge on any atom is 0.223 e. The van der Waals surface area contributed by atoms with Gasteiger partial charge in [-0.1, -0.05) is 0 Å². The summed E-state index contributed by atoms with van der Waals surface area (Å²) in [5, 5.41) is 6.98. The zero-order valence-electron chi connectivity index (χ0n) is 9.52. The summed E-state index contributed by atoms with van der Waals surface area (Å²) in [4.78, 5) is 11.8. The average Bonchev–Trinajstić information content (AvgIpc) is 2.84. The van der Waals surface area contributed by atoms with E-state index in [1.165, 1.54) is 0 Å². The third-order valence-electron chi connectivity index (χ3n) is 3.21. The lowest BCUT2D eigenvalue weighted by Gasteiger charge is -2.10. The lowest BCUT2D eigenvalue weighted by molar-refractivity contribution is -0.125. The number of amides is 1. The smallest absolute Gasteiger partial charge is 0.223 e. The summed E-state index contributed by atoms with van der Waals surface area (Å²) in [6.07, 6.45) is 4.42. The van der Waals surface area contributed by atoms with Gasteiger partial charge >= 0.3 is 0 Å². The Hall–Kier alpha value is -1.36. The SMILES string of the molecule is Cn1nccc1CNC(=O)C1CCC(N)C1. The Labute approximate surface area is 95.0 Å². The molecular weight excluding hydrogens is 204 g/mol. The van der Waals surface area contributed by atoms with Gasteiger partial charge in [-0.2, -0.15) is 5.10 Å². The Morgan fingerprint density at radius 2 is 2.50 bits per heavy atom. The number of aryl methyl sites for hydroxylation is 1. The fourth-order valence-electron chi connectivity index (χ4n) is 2.15. The molecule has 1 fully saturated rings. The standard InChI is InChI=1S/C11H18N4O/c1-15-10(4-5-14-15)7-13-11(16)8-2-3-9(12)6-8/h4-5,8-9H,2-3,6-7,12H2,1H3,(H,13,16). The van der Waals surface area contributed by atoms with E-state index in [2.05, 4.69) is 10.4 Å². The van der Waals surface area contributed by atoms with E-state index in [0.29, 0.717) is 6.54 Å². The van der Waals surface area contributed by atoms with Crippen LogP contribution in [0.2, 0.25) is 0 Å². The lowest BCUT2D eigenvalue weighted by atomic mass is 10.1. The molecule has 5 heteroatoms. The normalized spacial score (nSPS) is 24.6. The maximum atomic E-state index is 11.8. The first-order valence-corrected chi connectivity index (χ1v) is 5.67. The van der Waals surface area contributed by atoms with Crippen molar-refractivity contribution in [2.45, 2.75) is 31.8 Å². The third-order valence-corrected chi connectivity index (χ3v) is 3.21. The summed E-state index contributed by atoms with van der Waals surface area (Å²) in [6.45, 7) is 0.543. The topological polar surface area (TPSA) is 72.9 Å². The molecule has 1 amide bonds. The van der Waals surface area contributed by atoms with Crippen molar-refractivity contribution >= 4 is 5.91 Å². The van der Waals surface area contributed by atoms with Crippen molar-refractivity contribution in [1.82, 2.24) is 15.1 Å². The molecule has 1 aromatic heterocycles. The molecule has 1 aliphatic carbocycles. The first-order valence-electron chi connectivity index (χ1n) is 5.67. The Bertz CT molecular complexity index is 374. The highest BCUT2D eigenvalue weighted by molar-refractivity contribution is 5.78. The zero-order chi connectivity index (χ0) is 11.5. The van der Waals surface area contributed by atoms with Crippen LogP contribution in [0.25, 0.3) is 0 Å². The average molecular weight is 222 g/mol. The molecule has 0 spiro atoms. The molecule has 0 radical (unpaired) electrons.